The predicted octanol–water partition coefficient (Wildman–Crippen LogP) is 2.58. The van der Waals surface area contributed by atoms with E-state index in [1.165, 1.54) is 0 Å². The average Bonchev–Trinajstić information content (AvgIpc) is 3.07. The van der Waals surface area contributed by atoms with Gasteiger partial charge in [0, 0.05) is 55.9 Å². The van der Waals surface area contributed by atoms with Gasteiger partial charge in [0.15, 0.2) is 0 Å². The summed E-state index contributed by atoms with van der Waals surface area (Å²) in [5, 5.41) is 7.58. The van der Waals surface area contributed by atoms with Crippen LogP contribution < -0.4 is 10.2 Å². The molecule has 28 heavy (non-hydrogen) atoms. The number of nitrogens with one attached hydrogen (secondary N) is 1. The minimum Gasteiger partial charge on any atom is -0.353 e. The maximum absolute atomic E-state index is 12.9. The lowest BCUT2D eigenvalue weighted by Gasteiger charge is -2.33. The van der Waals surface area contributed by atoms with Crippen LogP contribution in [0.5, 0.6) is 0 Å². The monoisotopic (exact) mass is 376 g/mol. The second-order valence-electron chi connectivity index (χ2n) is 7.20. The number of carbonyl (C=O) groups is 1. The van der Waals surface area contributed by atoms with Crippen LogP contribution in [-0.2, 0) is 7.05 Å². The quantitative estimate of drug-likeness (QED) is 0.757. The van der Waals surface area contributed by atoms with E-state index in [-0.39, 0.29) is 11.9 Å². The largest absolute Gasteiger partial charge is 0.353 e. The van der Waals surface area contributed by atoms with Crippen LogP contribution >= 0.6 is 0 Å². The molecule has 1 aromatic carbocycles. The molecule has 3 aromatic rings. The van der Waals surface area contributed by atoms with E-state index < -0.39 is 0 Å². The third-order valence-electron chi connectivity index (χ3n) is 5.08. The summed E-state index contributed by atoms with van der Waals surface area (Å²) < 4.78 is 1.79. The summed E-state index contributed by atoms with van der Waals surface area (Å²) in [7, 11) is 1.90. The van der Waals surface area contributed by atoms with E-state index in [1.807, 2.05) is 44.4 Å². The topological polar surface area (TPSA) is 75.9 Å². The van der Waals surface area contributed by atoms with Crippen LogP contribution in [0.1, 0.15) is 28.9 Å². The summed E-state index contributed by atoms with van der Waals surface area (Å²) in [6.45, 7) is 3.65. The molecule has 0 radical (unpaired) electrons. The molecule has 1 aliphatic rings. The lowest BCUT2D eigenvalue weighted by molar-refractivity contribution is 0.0933. The van der Waals surface area contributed by atoms with Crippen molar-refractivity contribution in [3.63, 3.8) is 0 Å². The van der Waals surface area contributed by atoms with Gasteiger partial charge in [-0.2, -0.15) is 5.10 Å². The summed E-state index contributed by atoms with van der Waals surface area (Å²) in [5.41, 5.74) is 3.66. The fraction of sp³-hybridized carbons (Fsp3) is 0.333. The van der Waals surface area contributed by atoms with E-state index in [2.05, 4.69) is 25.3 Å². The summed E-state index contributed by atoms with van der Waals surface area (Å²) in [6, 6.07) is 7.81. The normalized spacial score (nSPS) is 16.8. The minimum atomic E-state index is -0.0469. The Morgan fingerprint density at radius 1 is 1.29 bits per heavy atom. The van der Waals surface area contributed by atoms with Crippen LogP contribution in [0.3, 0.4) is 0 Å². The molecule has 2 aromatic heterocycles. The average molecular weight is 376 g/mol. The number of benzene rings is 1. The van der Waals surface area contributed by atoms with E-state index in [4.69, 9.17) is 0 Å². The van der Waals surface area contributed by atoms with Gasteiger partial charge in [-0.1, -0.05) is 12.1 Å². The summed E-state index contributed by atoms with van der Waals surface area (Å²) in [4.78, 5) is 23.5. The number of amides is 1. The molecule has 144 valence electrons. The van der Waals surface area contributed by atoms with Crippen molar-refractivity contribution in [1.82, 2.24) is 25.1 Å². The molecule has 0 unspecified atom stereocenters. The van der Waals surface area contributed by atoms with E-state index in [0.717, 1.165) is 48.6 Å². The SMILES string of the molecule is Cc1nn(C)cc1-c1cccc(C(=O)N[C@@H]2CCCN(c3cnccn3)C2)c1. The van der Waals surface area contributed by atoms with E-state index in [0.29, 0.717) is 5.56 Å². The molecule has 1 fully saturated rings. The zero-order valence-electron chi connectivity index (χ0n) is 16.2. The Bertz CT molecular complexity index is 968. The second kappa shape index (κ2) is 7.80. The minimum absolute atomic E-state index is 0.0469. The molecule has 1 aliphatic heterocycles. The molecule has 1 amide bonds. The number of nitrogens with zero attached hydrogens (tertiary/aromatic N) is 5. The highest BCUT2D eigenvalue weighted by Gasteiger charge is 2.23. The van der Waals surface area contributed by atoms with Crippen LogP contribution in [0.4, 0.5) is 5.82 Å². The number of aryl methyl sites for hydroxylation is 2. The Kier molecular flexibility index (Phi) is 5.06. The summed E-state index contributed by atoms with van der Waals surface area (Å²) in [6.07, 6.45) is 9.09. The van der Waals surface area contributed by atoms with Crippen molar-refractivity contribution < 1.29 is 4.79 Å². The van der Waals surface area contributed by atoms with Crippen molar-refractivity contribution in [1.29, 1.82) is 0 Å². The first-order chi connectivity index (χ1) is 13.6. The van der Waals surface area contributed by atoms with Gasteiger partial charge < -0.3 is 10.2 Å². The van der Waals surface area contributed by atoms with Gasteiger partial charge in [-0.05, 0) is 37.5 Å². The number of carbonyl (C=O) groups excluding carboxylic acids is 1. The Hall–Kier alpha value is -3.22. The van der Waals surface area contributed by atoms with Crippen molar-refractivity contribution in [3.05, 3.63) is 60.3 Å². The highest BCUT2D eigenvalue weighted by Crippen LogP contribution is 2.23. The zero-order valence-corrected chi connectivity index (χ0v) is 16.2. The maximum Gasteiger partial charge on any atom is 0.251 e. The summed E-state index contributed by atoms with van der Waals surface area (Å²) >= 11 is 0. The highest BCUT2D eigenvalue weighted by atomic mass is 16.1. The molecule has 7 heteroatoms. The molecule has 3 heterocycles. The van der Waals surface area contributed by atoms with Crippen LogP contribution in [-0.4, -0.2) is 44.8 Å². The molecular formula is C21H24N6O. The smallest absolute Gasteiger partial charge is 0.251 e. The molecular weight excluding hydrogens is 352 g/mol. The fourth-order valence-corrected chi connectivity index (χ4v) is 3.74. The molecule has 7 nitrogen and oxygen atoms in total. The Balaban J connectivity index is 1.46. The van der Waals surface area contributed by atoms with Crippen molar-refractivity contribution in [3.8, 4) is 11.1 Å². The van der Waals surface area contributed by atoms with E-state index >= 15 is 0 Å². The molecule has 4 rings (SSSR count). The van der Waals surface area contributed by atoms with Gasteiger partial charge in [-0.15, -0.1) is 0 Å². The first-order valence-corrected chi connectivity index (χ1v) is 9.52. The predicted molar refractivity (Wildman–Crippen MR) is 108 cm³/mol. The number of hydrogen-bond acceptors (Lipinski definition) is 5. The van der Waals surface area contributed by atoms with Crippen molar-refractivity contribution >= 4 is 11.7 Å². The Morgan fingerprint density at radius 2 is 2.18 bits per heavy atom. The van der Waals surface area contributed by atoms with Gasteiger partial charge in [0.1, 0.15) is 5.82 Å². The molecule has 1 N–H and O–H groups in total. The van der Waals surface area contributed by atoms with Crippen molar-refractivity contribution in [2.45, 2.75) is 25.8 Å². The van der Waals surface area contributed by atoms with Gasteiger partial charge in [0.25, 0.3) is 5.91 Å². The molecule has 1 saturated heterocycles. The van der Waals surface area contributed by atoms with Crippen LogP contribution in [0.25, 0.3) is 11.1 Å². The first-order valence-electron chi connectivity index (χ1n) is 9.52. The van der Waals surface area contributed by atoms with Gasteiger partial charge in [0.2, 0.25) is 0 Å². The van der Waals surface area contributed by atoms with Gasteiger partial charge >= 0.3 is 0 Å². The van der Waals surface area contributed by atoms with E-state index in [9.17, 15) is 4.79 Å². The van der Waals surface area contributed by atoms with Crippen LogP contribution in [0.15, 0.2) is 49.1 Å². The maximum atomic E-state index is 12.9. The lowest BCUT2D eigenvalue weighted by Crippen LogP contribution is -2.48. The number of hydrogen-bond donors (Lipinski definition) is 1. The molecule has 0 saturated carbocycles. The molecule has 0 bridgehead atoms. The number of piperidine rings is 1. The molecule has 0 aliphatic carbocycles. The van der Waals surface area contributed by atoms with Crippen LogP contribution in [0, 0.1) is 6.92 Å². The van der Waals surface area contributed by atoms with Gasteiger partial charge in [-0.3, -0.25) is 14.5 Å². The standard InChI is InChI=1S/C21H24N6O/c1-15-19(14-26(2)25-15)16-5-3-6-17(11-16)21(28)24-18-7-4-10-27(13-18)20-12-22-8-9-23-20/h3,5-6,8-9,11-12,14,18H,4,7,10,13H2,1-2H3,(H,24,28)/t18-/m1/s1. The van der Waals surface area contributed by atoms with Crippen molar-refractivity contribution in [2.75, 3.05) is 18.0 Å². The van der Waals surface area contributed by atoms with Gasteiger partial charge in [-0.25, -0.2) is 4.98 Å². The van der Waals surface area contributed by atoms with E-state index in [1.54, 1.807) is 23.3 Å². The summed E-state index contributed by atoms with van der Waals surface area (Å²) in [5.74, 6) is 0.810. The Morgan fingerprint density at radius 3 is 2.93 bits per heavy atom. The molecule has 1 atom stereocenters. The molecule has 0 spiro atoms. The highest BCUT2D eigenvalue weighted by molar-refractivity contribution is 5.95. The second-order valence-corrected chi connectivity index (χ2v) is 7.20. The fourth-order valence-electron chi connectivity index (χ4n) is 3.74. The van der Waals surface area contributed by atoms with Gasteiger partial charge in [0.05, 0.1) is 11.9 Å². The number of rotatable bonds is 4. The first kappa shape index (κ1) is 18.2. The lowest BCUT2D eigenvalue weighted by atomic mass is 10.0. The number of anilines is 1. The van der Waals surface area contributed by atoms with Crippen molar-refractivity contribution in [2.24, 2.45) is 7.05 Å². The Labute approximate surface area is 164 Å². The third kappa shape index (κ3) is 3.88. The zero-order chi connectivity index (χ0) is 19.5. The van der Waals surface area contributed by atoms with Crippen LogP contribution in [0.2, 0.25) is 0 Å². The number of aromatic nitrogens is 4. The third-order valence-corrected chi connectivity index (χ3v) is 5.08.